The van der Waals surface area contributed by atoms with Crippen LogP contribution in [0, 0.1) is 0 Å². The van der Waals surface area contributed by atoms with E-state index in [2.05, 4.69) is 57.0 Å². The van der Waals surface area contributed by atoms with Gasteiger partial charge in [0.05, 0.1) is 15.2 Å². The number of hydrogen-bond donors (Lipinski definition) is 1. The minimum atomic E-state index is 0.269. The van der Waals surface area contributed by atoms with Crippen LogP contribution in [-0.2, 0) is 0 Å². The molecule has 2 aromatic heterocycles. The third-order valence-corrected chi connectivity index (χ3v) is 4.02. The monoisotopic (exact) mass is 368 g/mol. The van der Waals surface area contributed by atoms with Crippen LogP contribution in [-0.4, -0.2) is 21.5 Å². The van der Waals surface area contributed by atoms with Crippen LogP contribution in [0.25, 0.3) is 11.5 Å². The van der Waals surface area contributed by atoms with E-state index < -0.39 is 0 Å². The third kappa shape index (κ3) is 3.71. The lowest BCUT2D eigenvalue weighted by molar-refractivity contribution is 0.807. The molecule has 0 aliphatic rings. The number of anilines is 1. The fourth-order valence-corrected chi connectivity index (χ4v) is 2.85. The Morgan fingerprint density at radius 1 is 1.33 bits per heavy atom. The molecular formula is C15H18BrClN4. The van der Waals surface area contributed by atoms with Gasteiger partial charge in [0.1, 0.15) is 11.5 Å². The second kappa shape index (κ2) is 7.18. The fourth-order valence-electron chi connectivity index (χ4n) is 1.86. The highest BCUT2D eigenvalue weighted by Gasteiger charge is 2.17. The van der Waals surface area contributed by atoms with Gasteiger partial charge in [0.2, 0.25) is 0 Å². The predicted octanol–water partition coefficient (Wildman–Crippen LogP) is 4.90. The van der Waals surface area contributed by atoms with Crippen molar-refractivity contribution in [1.29, 1.82) is 0 Å². The minimum Gasteiger partial charge on any atom is -0.369 e. The normalized spacial score (nSPS) is 11.0. The van der Waals surface area contributed by atoms with Crippen LogP contribution in [0.3, 0.4) is 0 Å². The topological polar surface area (TPSA) is 50.7 Å². The summed E-state index contributed by atoms with van der Waals surface area (Å²) in [6.07, 6.45) is 2.72. The average molecular weight is 370 g/mol. The Morgan fingerprint density at radius 3 is 2.71 bits per heavy atom. The molecule has 2 aromatic rings. The van der Waals surface area contributed by atoms with Crippen molar-refractivity contribution in [2.75, 3.05) is 11.9 Å². The molecule has 0 aliphatic heterocycles. The van der Waals surface area contributed by atoms with Crippen LogP contribution in [0.4, 0.5) is 5.82 Å². The minimum absolute atomic E-state index is 0.269. The number of rotatable bonds is 5. The number of pyridine rings is 1. The second-order valence-electron chi connectivity index (χ2n) is 5.01. The van der Waals surface area contributed by atoms with Crippen molar-refractivity contribution in [3.63, 3.8) is 0 Å². The number of nitrogens with one attached hydrogen (secondary N) is 1. The number of hydrogen-bond acceptors (Lipinski definition) is 4. The lowest BCUT2D eigenvalue weighted by Crippen LogP contribution is -2.08. The fraction of sp³-hybridized carbons (Fsp3) is 0.400. The van der Waals surface area contributed by atoms with Crippen molar-refractivity contribution >= 4 is 33.3 Å². The van der Waals surface area contributed by atoms with E-state index in [4.69, 9.17) is 11.6 Å². The largest absolute Gasteiger partial charge is 0.369 e. The summed E-state index contributed by atoms with van der Waals surface area (Å²) < 4.78 is 0.904. The van der Waals surface area contributed by atoms with Crippen LogP contribution < -0.4 is 5.32 Å². The van der Waals surface area contributed by atoms with Gasteiger partial charge in [-0.3, -0.25) is 4.98 Å². The first-order valence-electron chi connectivity index (χ1n) is 6.96. The first-order chi connectivity index (χ1) is 10.0. The van der Waals surface area contributed by atoms with E-state index in [9.17, 15) is 0 Å². The van der Waals surface area contributed by atoms with Gasteiger partial charge in [0, 0.05) is 12.7 Å². The summed E-state index contributed by atoms with van der Waals surface area (Å²) in [5, 5.41) is 3.87. The van der Waals surface area contributed by atoms with Crippen LogP contribution in [0.5, 0.6) is 0 Å². The average Bonchev–Trinajstić information content (AvgIpc) is 2.46. The van der Waals surface area contributed by atoms with E-state index in [1.54, 1.807) is 18.3 Å². The van der Waals surface area contributed by atoms with E-state index in [1.165, 1.54) is 0 Å². The van der Waals surface area contributed by atoms with Gasteiger partial charge in [0.15, 0.2) is 5.82 Å². The first kappa shape index (κ1) is 16.2. The lowest BCUT2D eigenvalue weighted by atomic mass is 10.1. The molecule has 0 fully saturated rings. The van der Waals surface area contributed by atoms with E-state index in [0.29, 0.717) is 16.5 Å². The van der Waals surface area contributed by atoms with E-state index >= 15 is 0 Å². The summed E-state index contributed by atoms with van der Waals surface area (Å²) in [5.41, 5.74) is 1.55. The van der Waals surface area contributed by atoms with Gasteiger partial charge in [-0.05, 0) is 40.4 Å². The molecule has 0 bridgehead atoms. The number of aromatic nitrogens is 3. The zero-order chi connectivity index (χ0) is 15.4. The molecular weight excluding hydrogens is 352 g/mol. The van der Waals surface area contributed by atoms with Crippen molar-refractivity contribution in [2.24, 2.45) is 0 Å². The summed E-state index contributed by atoms with van der Waals surface area (Å²) in [5.74, 6) is 1.60. The number of nitrogens with zero attached hydrogens (tertiary/aromatic N) is 3. The highest BCUT2D eigenvalue weighted by Crippen LogP contribution is 2.32. The molecule has 0 aliphatic carbocycles. The van der Waals surface area contributed by atoms with Crippen molar-refractivity contribution in [3.8, 4) is 11.5 Å². The second-order valence-corrected chi connectivity index (χ2v) is 6.21. The van der Waals surface area contributed by atoms with Crippen LogP contribution >= 0.6 is 27.5 Å². The lowest BCUT2D eigenvalue weighted by Gasteiger charge is -2.14. The van der Waals surface area contributed by atoms with Crippen molar-refractivity contribution < 1.29 is 0 Å². The Kier molecular flexibility index (Phi) is 5.53. The van der Waals surface area contributed by atoms with Gasteiger partial charge in [-0.2, -0.15) is 0 Å². The molecule has 2 rings (SSSR count). The maximum absolute atomic E-state index is 6.21. The zero-order valence-corrected chi connectivity index (χ0v) is 14.7. The Balaban J connectivity index is 2.56. The molecule has 0 saturated carbocycles. The third-order valence-electron chi connectivity index (χ3n) is 2.94. The highest BCUT2D eigenvalue weighted by atomic mass is 79.9. The summed E-state index contributed by atoms with van der Waals surface area (Å²) in [4.78, 5) is 13.5. The zero-order valence-electron chi connectivity index (χ0n) is 12.3. The Bertz CT molecular complexity index is 631. The van der Waals surface area contributed by atoms with Crippen LogP contribution in [0.2, 0.25) is 5.02 Å². The molecule has 0 atom stereocenters. The van der Waals surface area contributed by atoms with E-state index in [-0.39, 0.29) is 5.92 Å². The summed E-state index contributed by atoms with van der Waals surface area (Å²) in [7, 11) is 0. The molecule has 112 valence electrons. The predicted molar refractivity (Wildman–Crippen MR) is 90.8 cm³/mol. The van der Waals surface area contributed by atoms with E-state index in [1.807, 2.05) is 0 Å². The SMILES string of the molecule is CCCNc1nc(-c2ncccc2Cl)nc(C(C)C)c1Br. The van der Waals surface area contributed by atoms with Crippen molar-refractivity contribution in [1.82, 2.24) is 15.0 Å². The smallest absolute Gasteiger partial charge is 0.182 e. The molecule has 0 radical (unpaired) electrons. The van der Waals surface area contributed by atoms with Crippen LogP contribution in [0.1, 0.15) is 38.8 Å². The molecule has 6 heteroatoms. The van der Waals surface area contributed by atoms with Gasteiger partial charge in [0.25, 0.3) is 0 Å². The Hall–Kier alpha value is -1.20. The summed E-state index contributed by atoms with van der Waals surface area (Å²) in [6.45, 7) is 7.16. The molecule has 1 N–H and O–H groups in total. The van der Waals surface area contributed by atoms with E-state index in [0.717, 1.165) is 29.0 Å². The van der Waals surface area contributed by atoms with Crippen molar-refractivity contribution in [3.05, 3.63) is 33.5 Å². The van der Waals surface area contributed by atoms with Gasteiger partial charge >= 0.3 is 0 Å². The molecule has 0 amide bonds. The summed E-state index contributed by atoms with van der Waals surface area (Å²) in [6, 6.07) is 3.59. The summed E-state index contributed by atoms with van der Waals surface area (Å²) >= 11 is 9.81. The maximum Gasteiger partial charge on any atom is 0.182 e. The molecule has 0 spiro atoms. The van der Waals surface area contributed by atoms with Crippen LogP contribution in [0.15, 0.2) is 22.8 Å². The molecule has 4 nitrogen and oxygen atoms in total. The molecule has 2 heterocycles. The first-order valence-corrected chi connectivity index (χ1v) is 8.13. The van der Waals surface area contributed by atoms with Gasteiger partial charge in [-0.15, -0.1) is 0 Å². The quantitative estimate of drug-likeness (QED) is 0.814. The molecule has 0 unspecified atom stereocenters. The van der Waals surface area contributed by atoms with Gasteiger partial charge < -0.3 is 5.32 Å². The number of halogens is 2. The molecule has 0 saturated heterocycles. The Labute approximate surface area is 138 Å². The van der Waals surface area contributed by atoms with Crippen molar-refractivity contribution in [2.45, 2.75) is 33.1 Å². The van der Waals surface area contributed by atoms with Gasteiger partial charge in [-0.1, -0.05) is 32.4 Å². The molecule has 21 heavy (non-hydrogen) atoms. The Morgan fingerprint density at radius 2 is 2.10 bits per heavy atom. The standard InChI is InChI=1S/C15H18BrClN4/c1-4-7-19-14-11(16)12(9(2)3)20-15(21-14)13-10(17)6-5-8-18-13/h5-6,8-9H,4,7H2,1-3H3,(H,19,20,21). The molecule has 0 aromatic carbocycles. The van der Waals surface area contributed by atoms with Gasteiger partial charge in [-0.25, -0.2) is 9.97 Å². The maximum atomic E-state index is 6.21. The highest BCUT2D eigenvalue weighted by molar-refractivity contribution is 9.10.